The Morgan fingerprint density at radius 2 is 2.22 bits per heavy atom. The summed E-state index contributed by atoms with van der Waals surface area (Å²) in [6.45, 7) is 3.21. The molecule has 1 amide bonds. The van der Waals surface area contributed by atoms with Crippen molar-refractivity contribution in [3.8, 4) is 0 Å². The van der Waals surface area contributed by atoms with Gasteiger partial charge in [-0.1, -0.05) is 12.1 Å². The minimum absolute atomic E-state index is 0.0185. The number of morpholine rings is 1. The first kappa shape index (κ1) is 12.6. The molecule has 5 heteroatoms. The molecule has 0 aromatic heterocycles. The molecule has 0 aliphatic carbocycles. The fourth-order valence-electron chi connectivity index (χ4n) is 1.89. The highest BCUT2D eigenvalue weighted by Crippen LogP contribution is 2.25. The molecular weight excluding hydrogens is 234 g/mol. The van der Waals surface area contributed by atoms with Crippen molar-refractivity contribution in [1.82, 2.24) is 0 Å². The van der Waals surface area contributed by atoms with Crippen molar-refractivity contribution in [2.45, 2.75) is 19.4 Å². The summed E-state index contributed by atoms with van der Waals surface area (Å²) in [6, 6.07) is 7.40. The Kier molecular flexibility index (Phi) is 3.09. The summed E-state index contributed by atoms with van der Waals surface area (Å²) in [5.41, 5.74) is 0.372. The summed E-state index contributed by atoms with van der Waals surface area (Å²) in [7, 11) is 0. The van der Waals surface area contributed by atoms with Crippen LogP contribution in [0.4, 0.5) is 5.69 Å². The predicted octanol–water partition coefficient (Wildman–Crippen LogP) is 1.20. The van der Waals surface area contributed by atoms with Crippen LogP contribution in [0.2, 0.25) is 0 Å². The van der Waals surface area contributed by atoms with Crippen LogP contribution in [0.5, 0.6) is 0 Å². The van der Waals surface area contributed by atoms with Crippen molar-refractivity contribution in [2.24, 2.45) is 0 Å². The first-order chi connectivity index (χ1) is 8.42. The molecule has 0 saturated carbocycles. The molecule has 1 aromatic carbocycles. The van der Waals surface area contributed by atoms with Crippen molar-refractivity contribution < 1.29 is 19.4 Å². The molecule has 1 aromatic rings. The lowest BCUT2D eigenvalue weighted by Gasteiger charge is -2.37. The fourth-order valence-corrected chi connectivity index (χ4v) is 1.89. The van der Waals surface area contributed by atoms with Gasteiger partial charge in [-0.05, 0) is 31.5 Å². The van der Waals surface area contributed by atoms with E-state index in [1.54, 1.807) is 6.07 Å². The van der Waals surface area contributed by atoms with Gasteiger partial charge in [-0.2, -0.15) is 0 Å². The van der Waals surface area contributed by atoms with Crippen LogP contribution in [-0.2, 0) is 14.3 Å². The lowest BCUT2D eigenvalue weighted by atomic mass is 10.0. The van der Waals surface area contributed by atoms with Gasteiger partial charge in [0.2, 0.25) is 0 Å². The molecule has 2 rings (SSSR count). The van der Waals surface area contributed by atoms with E-state index in [4.69, 9.17) is 9.84 Å². The molecule has 1 N–H and O–H groups in total. The van der Waals surface area contributed by atoms with Crippen LogP contribution < -0.4 is 4.90 Å². The maximum atomic E-state index is 11.8. The van der Waals surface area contributed by atoms with E-state index in [9.17, 15) is 9.59 Å². The van der Waals surface area contributed by atoms with Crippen molar-refractivity contribution in [3.63, 3.8) is 0 Å². The van der Waals surface area contributed by atoms with Gasteiger partial charge in [0.25, 0.3) is 5.91 Å². The number of nitrogens with zero attached hydrogens (tertiary/aromatic N) is 1. The van der Waals surface area contributed by atoms with Crippen molar-refractivity contribution >= 4 is 17.6 Å². The second-order valence-electron chi connectivity index (χ2n) is 4.64. The van der Waals surface area contributed by atoms with Crippen molar-refractivity contribution in [1.29, 1.82) is 0 Å². The standard InChI is InChI=1S/C13H15NO4/c1-9-4-3-5-10(6-9)14-8-13(2,12(16)17)18-7-11(14)15/h3-6H,7-8H2,1-2H3,(H,16,17). The zero-order chi connectivity index (χ0) is 13.3. The van der Waals surface area contributed by atoms with E-state index in [1.165, 1.54) is 11.8 Å². The fraction of sp³-hybridized carbons (Fsp3) is 0.385. The Labute approximate surface area is 105 Å². The summed E-state index contributed by atoms with van der Waals surface area (Å²) in [5.74, 6) is -1.29. The van der Waals surface area contributed by atoms with Gasteiger partial charge in [0.1, 0.15) is 6.61 Å². The summed E-state index contributed by atoms with van der Waals surface area (Å²) < 4.78 is 5.13. The zero-order valence-electron chi connectivity index (χ0n) is 10.3. The maximum Gasteiger partial charge on any atom is 0.337 e. The van der Waals surface area contributed by atoms with Crippen LogP contribution in [0.25, 0.3) is 0 Å². The molecule has 1 heterocycles. The number of aryl methyl sites for hydroxylation is 1. The minimum Gasteiger partial charge on any atom is -0.479 e. The third-order valence-electron chi connectivity index (χ3n) is 3.04. The quantitative estimate of drug-likeness (QED) is 0.855. The SMILES string of the molecule is Cc1cccc(N2CC(C)(C(=O)O)OCC2=O)c1. The number of carbonyl (C=O) groups excluding carboxylic acids is 1. The number of aliphatic carboxylic acids is 1. The number of benzene rings is 1. The third-order valence-corrected chi connectivity index (χ3v) is 3.04. The Hall–Kier alpha value is -1.88. The van der Waals surface area contributed by atoms with Gasteiger partial charge in [-0.15, -0.1) is 0 Å². The Morgan fingerprint density at radius 1 is 1.50 bits per heavy atom. The lowest BCUT2D eigenvalue weighted by Crippen LogP contribution is -2.57. The first-order valence-corrected chi connectivity index (χ1v) is 5.67. The summed E-state index contributed by atoms with van der Waals surface area (Å²) in [5, 5.41) is 9.14. The van der Waals surface area contributed by atoms with Gasteiger partial charge in [0, 0.05) is 5.69 Å². The lowest BCUT2D eigenvalue weighted by molar-refractivity contribution is -0.168. The number of hydrogen-bond donors (Lipinski definition) is 1. The van der Waals surface area contributed by atoms with Crippen molar-refractivity contribution in [3.05, 3.63) is 29.8 Å². The molecule has 1 atom stereocenters. The van der Waals surface area contributed by atoms with Crippen LogP contribution in [0.1, 0.15) is 12.5 Å². The molecule has 0 bridgehead atoms. The van der Waals surface area contributed by atoms with Crippen LogP contribution in [0, 0.1) is 6.92 Å². The molecule has 1 saturated heterocycles. The molecule has 0 radical (unpaired) electrons. The number of hydrogen-bond acceptors (Lipinski definition) is 3. The Bertz CT molecular complexity index is 500. The normalized spacial score (nSPS) is 24.1. The molecule has 0 spiro atoms. The van der Waals surface area contributed by atoms with Gasteiger partial charge >= 0.3 is 5.97 Å². The van der Waals surface area contributed by atoms with Gasteiger partial charge in [-0.3, -0.25) is 4.79 Å². The minimum atomic E-state index is -1.35. The third kappa shape index (κ3) is 2.22. The molecule has 1 unspecified atom stereocenters. The highest BCUT2D eigenvalue weighted by Gasteiger charge is 2.42. The molecular formula is C13H15NO4. The van der Waals surface area contributed by atoms with Crippen molar-refractivity contribution in [2.75, 3.05) is 18.1 Å². The van der Waals surface area contributed by atoms with Gasteiger partial charge in [0.15, 0.2) is 5.60 Å². The monoisotopic (exact) mass is 249 g/mol. The topological polar surface area (TPSA) is 66.8 Å². The average molecular weight is 249 g/mol. The summed E-state index contributed by atoms with van der Waals surface area (Å²) in [6.07, 6.45) is 0. The van der Waals surface area contributed by atoms with Crippen LogP contribution in [0.3, 0.4) is 0 Å². The largest absolute Gasteiger partial charge is 0.479 e. The number of carbonyl (C=O) groups is 2. The number of carboxylic acid groups (broad SMARTS) is 1. The van der Waals surface area contributed by atoms with Gasteiger partial charge in [-0.25, -0.2) is 4.79 Å². The van der Waals surface area contributed by atoms with E-state index in [-0.39, 0.29) is 19.1 Å². The summed E-state index contributed by atoms with van der Waals surface area (Å²) in [4.78, 5) is 24.5. The summed E-state index contributed by atoms with van der Waals surface area (Å²) >= 11 is 0. The Balaban J connectivity index is 2.31. The van der Waals surface area contributed by atoms with E-state index in [0.29, 0.717) is 5.69 Å². The maximum absolute atomic E-state index is 11.8. The highest BCUT2D eigenvalue weighted by atomic mass is 16.5. The van der Waals surface area contributed by atoms with Crippen LogP contribution >= 0.6 is 0 Å². The number of amides is 1. The molecule has 1 aliphatic heterocycles. The smallest absolute Gasteiger partial charge is 0.337 e. The Morgan fingerprint density at radius 3 is 2.83 bits per heavy atom. The molecule has 1 aliphatic rings. The van der Waals surface area contributed by atoms with Crippen LogP contribution in [-0.4, -0.2) is 35.7 Å². The first-order valence-electron chi connectivity index (χ1n) is 5.67. The molecule has 18 heavy (non-hydrogen) atoms. The molecule has 1 fully saturated rings. The van der Waals surface area contributed by atoms with E-state index in [1.807, 2.05) is 25.1 Å². The molecule has 5 nitrogen and oxygen atoms in total. The second kappa shape index (κ2) is 4.42. The van der Waals surface area contributed by atoms with E-state index < -0.39 is 11.6 Å². The highest BCUT2D eigenvalue weighted by molar-refractivity contribution is 5.97. The van der Waals surface area contributed by atoms with Gasteiger partial charge in [0.05, 0.1) is 6.54 Å². The number of ether oxygens (including phenoxy) is 1. The second-order valence-corrected chi connectivity index (χ2v) is 4.64. The zero-order valence-corrected chi connectivity index (χ0v) is 10.3. The van der Waals surface area contributed by atoms with E-state index in [0.717, 1.165) is 5.56 Å². The van der Waals surface area contributed by atoms with E-state index in [2.05, 4.69) is 0 Å². The number of rotatable bonds is 2. The molecule has 96 valence electrons. The van der Waals surface area contributed by atoms with E-state index >= 15 is 0 Å². The predicted molar refractivity (Wildman–Crippen MR) is 65.5 cm³/mol. The number of anilines is 1. The average Bonchev–Trinajstić information content (AvgIpc) is 2.32. The number of carboxylic acids is 1. The van der Waals surface area contributed by atoms with Crippen LogP contribution in [0.15, 0.2) is 24.3 Å². The van der Waals surface area contributed by atoms with Gasteiger partial charge < -0.3 is 14.7 Å².